The molecule has 8 heteroatoms. The average Bonchev–Trinajstić information content (AvgIpc) is 2.62. The van der Waals surface area contributed by atoms with E-state index in [4.69, 9.17) is 4.52 Å². The molecule has 0 saturated heterocycles. The first-order chi connectivity index (χ1) is 8.04. The highest BCUT2D eigenvalue weighted by molar-refractivity contribution is 6.02. The Balaban J connectivity index is 2.26. The third-order valence-electron chi connectivity index (χ3n) is 1.87. The van der Waals surface area contributed by atoms with Gasteiger partial charge in [0, 0.05) is 12.1 Å². The van der Waals surface area contributed by atoms with E-state index in [1.165, 1.54) is 6.07 Å². The van der Waals surface area contributed by atoms with Crippen molar-refractivity contribution in [3.63, 3.8) is 0 Å². The van der Waals surface area contributed by atoms with Crippen LogP contribution in [0.15, 0.2) is 26.2 Å². The highest BCUT2D eigenvalue weighted by Crippen LogP contribution is 2.07. The lowest BCUT2D eigenvalue weighted by Gasteiger charge is -1.99. The fraction of sp³-hybridized carbons (Fsp3) is 0.111. The van der Waals surface area contributed by atoms with E-state index < -0.39 is 17.2 Å². The minimum Gasteiger partial charge on any atom is -0.360 e. The van der Waals surface area contributed by atoms with Gasteiger partial charge in [0.1, 0.15) is 11.5 Å². The van der Waals surface area contributed by atoms with Crippen LogP contribution in [0.1, 0.15) is 16.2 Å². The molecule has 1 amide bonds. The summed E-state index contributed by atoms with van der Waals surface area (Å²) in [5, 5.41) is 5.91. The molecule has 0 saturated carbocycles. The molecule has 0 aliphatic carbocycles. The van der Waals surface area contributed by atoms with Crippen LogP contribution in [0, 0.1) is 6.92 Å². The van der Waals surface area contributed by atoms with E-state index in [0.29, 0.717) is 5.76 Å². The molecule has 0 aliphatic heterocycles. The molecule has 0 radical (unpaired) electrons. The molecule has 3 N–H and O–H groups in total. The van der Waals surface area contributed by atoms with Gasteiger partial charge in [0.2, 0.25) is 0 Å². The number of amides is 1. The monoisotopic (exact) mass is 236 g/mol. The molecule has 0 fully saturated rings. The second kappa shape index (κ2) is 4.08. The van der Waals surface area contributed by atoms with Crippen molar-refractivity contribution >= 4 is 11.7 Å². The van der Waals surface area contributed by atoms with Crippen molar-refractivity contribution in [1.29, 1.82) is 0 Å². The lowest BCUT2D eigenvalue weighted by atomic mass is 10.3. The largest absolute Gasteiger partial charge is 0.360 e. The van der Waals surface area contributed by atoms with Gasteiger partial charge < -0.3 is 14.8 Å². The van der Waals surface area contributed by atoms with Gasteiger partial charge in [-0.3, -0.25) is 14.6 Å². The average molecular weight is 236 g/mol. The van der Waals surface area contributed by atoms with Crippen LogP contribution in [0.4, 0.5) is 5.82 Å². The lowest BCUT2D eigenvalue weighted by Crippen LogP contribution is -2.27. The van der Waals surface area contributed by atoms with Gasteiger partial charge in [-0.15, -0.1) is 0 Å². The van der Waals surface area contributed by atoms with Crippen LogP contribution >= 0.6 is 0 Å². The highest BCUT2D eigenvalue weighted by Gasteiger charge is 2.10. The van der Waals surface area contributed by atoms with Crippen molar-refractivity contribution in [3.8, 4) is 0 Å². The summed E-state index contributed by atoms with van der Waals surface area (Å²) < 4.78 is 4.74. The van der Waals surface area contributed by atoms with E-state index in [0.717, 1.165) is 6.07 Å². The molecule has 17 heavy (non-hydrogen) atoms. The zero-order valence-corrected chi connectivity index (χ0v) is 8.73. The number of rotatable bonds is 2. The predicted octanol–water partition coefficient (Wildman–Crippen LogP) is -0.388. The summed E-state index contributed by atoms with van der Waals surface area (Å²) in [4.78, 5) is 37.7. The zero-order chi connectivity index (χ0) is 12.4. The molecule has 0 unspecified atom stereocenters. The Morgan fingerprint density at radius 1 is 1.35 bits per heavy atom. The zero-order valence-electron chi connectivity index (χ0n) is 8.73. The molecule has 0 spiro atoms. The maximum atomic E-state index is 11.6. The van der Waals surface area contributed by atoms with E-state index >= 15 is 0 Å². The molecule has 8 nitrogen and oxygen atoms in total. The van der Waals surface area contributed by atoms with Gasteiger partial charge in [-0.1, -0.05) is 5.16 Å². The number of H-pyrrole nitrogens is 2. The second-order valence-corrected chi connectivity index (χ2v) is 3.28. The van der Waals surface area contributed by atoms with Gasteiger partial charge in [-0.2, -0.15) is 0 Å². The predicted molar refractivity (Wildman–Crippen MR) is 56.9 cm³/mol. The summed E-state index contributed by atoms with van der Waals surface area (Å²) in [7, 11) is 0. The molecule has 2 aromatic heterocycles. The molecule has 0 aliphatic rings. The Morgan fingerprint density at radius 3 is 2.71 bits per heavy atom. The number of aromatic amines is 2. The summed E-state index contributed by atoms with van der Waals surface area (Å²) in [5.74, 6) is 0.0785. The number of carbonyl (C=O) groups excluding carboxylic acids is 1. The van der Waals surface area contributed by atoms with Crippen LogP contribution in [0.5, 0.6) is 0 Å². The fourth-order valence-corrected chi connectivity index (χ4v) is 1.20. The van der Waals surface area contributed by atoms with E-state index in [-0.39, 0.29) is 11.5 Å². The van der Waals surface area contributed by atoms with Crippen molar-refractivity contribution in [2.75, 3.05) is 5.32 Å². The van der Waals surface area contributed by atoms with Crippen LogP contribution < -0.4 is 16.6 Å². The normalized spacial score (nSPS) is 10.2. The van der Waals surface area contributed by atoms with Crippen molar-refractivity contribution < 1.29 is 9.32 Å². The number of hydrogen-bond acceptors (Lipinski definition) is 5. The topological polar surface area (TPSA) is 121 Å². The van der Waals surface area contributed by atoms with Gasteiger partial charge in [-0.25, -0.2) is 4.79 Å². The van der Waals surface area contributed by atoms with Gasteiger partial charge >= 0.3 is 5.69 Å². The standard InChI is InChI=1S/C9H8N4O4/c1-4-2-6(13-17-4)11-8(15)5-3-7(14)12-9(16)10-5/h2-3H,1H3,(H,11,13,15)(H2,10,12,14,16). The molecule has 2 aromatic rings. The molecule has 0 bridgehead atoms. The van der Waals surface area contributed by atoms with E-state index in [2.05, 4.69) is 15.5 Å². The van der Waals surface area contributed by atoms with Crippen molar-refractivity contribution in [3.05, 3.63) is 44.4 Å². The third-order valence-corrected chi connectivity index (χ3v) is 1.87. The van der Waals surface area contributed by atoms with Crippen LogP contribution in [-0.4, -0.2) is 21.0 Å². The first-order valence-corrected chi connectivity index (χ1v) is 4.63. The van der Waals surface area contributed by atoms with E-state index in [1.807, 2.05) is 4.98 Å². The van der Waals surface area contributed by atoms with E-state index in [1.54, 1.807) is 6.92 Å². The number of aryl methyl sites for hydroxylation is 1. The summed E-state index contributed by atoms with van der Waals surface area (Å²) in [6.07, 6.45) is 0. The Bertz CT molecular complexity index is 638. The van der Waals surface area contributed by atoms with Gasteiger partial charge in [-0.05, 0) is 6.92 Å². The van der Waals surface area contributed by atoms with Gasteiger partial charge in [0.15, 0.2) is 5.82 Å². The van der Waals surface area contributed by atoms with Crippen molar-refractivity contribution in [2.24, 2.45) is 0 Å². The Hall–Kier alpha value is -2.64. The second-order valence-electron chi connectivity index (χ2n) is 3.28. The first kappa shape index (κ1) is 10.9. The van der Waals surface area contributed by atoms with Crippen molar-refractivity contribution in [1.82, 2.24) is 15.1 Å². The summed E-state index contributed by atoms with van der Waals surface area (Å²) in [6, 6.07) is 2.48. The van der Waals surface area contributed by atoms with Crippen LogP contribution in [0.2, 0.25) is 0 Å². The smallest absolute Gasteiger partial charge is 0.326 e. The van der Waals surface area contributed by atoms with E-state index in [9.17, 15) is 14.4 Å². The molecule has 0 aromatic carbocycles. The number of aromatic nitrogens is 3. The fourth-order valence-electron chi connectivity index (χ4n) is 1.20. The molecular formula is C9H8N4O4. The first-order valence-electron chi connectivity index (χ1n) is 4.63. The number of hydrogen-bond donors (Lipinski definition) is 3. The quantitative estimate of drug-likeness (QED) is 0.655. The molecule has 2 rings (SSSR count). The highest BCUT2D eigenvalue weighted by atomic mass is 16.5. The lowest BCUT2D eigenvalue weighted by molar-refractivity contribution is 0.102. The summed E-state index contributed by atoms with van der Waals surface area (Å²) in [5.41, 5.74) is -1.56. The minimum atomic E-state index is -0.751. The summed E-state index contributed by atoms with van der Waals surface area (Å²) in [6.45, 7) is 1.66. The van der Waals surface area contributed by atoms with Gasteiger partial charge in [0.05, 0.1) is 0 Å². The molecular weight excluding hydrogens is 228 g/mol. The molecule has 0 atom stereocenters. The van der Waals surface area contributed by atoms with Crippen LogP contribution in [0.3, 0.4) is 0 Å². The number of carbonyl (C=O) groups is 1. The minimum absolute atomic E-state index is 0.153. The number of anilines is 1. The Kier molecular flexibility index (Phi) is 2.61. The summed E-state index contributed by atoms with van der Waals surface area (Å²) >= 11 is 0. The maximum Gasteiger partial charge on any atom is 0.326 e. The number of nitrogens with one attached hydrogen (secondary N) is 3. The van der Waals surface area contributed by atoms with Crippen LogP contribution in [0.25, 0.3) is 0 Å². The maximum absolute atomic E-state index is 11.6. The molecule has 88 valence electrons. The number of nitrogens with zero attached hydrogens (tertiary/aromatic N) is 1. The SMILES string of the molecule is Cc1cc(NC(=O)c2cc(=O)[nH]c(=O)[nH]2)no1. The van der Waals surface area contributed by atoms with Gasteiger partial charge in [0.25, 0.3) is 11.5 Å². The molecule has 2 heterocycles. The third kappa shape index (κ3) is 2.48. The Labute approximate surface area is 93.7 Å². The Morgan fingerprint density at radius 2 is 2.12 bits per heavy atom. The van der Waals surface area contributed by atoms with Crippen molar-refractivity contribution in [2.45, 2.75) is 6.92 Å². The van der Waals surface area contributed by atoms with Crippen LogP contribution in [-0.2, 0) is 0 Å².